The molecule has 0 unspecified atom stereocenters. The zero-order valence-corrected chi connectivity index (χ0v) is 16.9. The highest BCUT2D eigenvalue weighted by atomic mass is 16.5. The van der Waals surface area contributed by atoms with Crippen molar-refractivity contribution in [1.29, 1.82) is 0 Å². The third-order valence-electron chi connectivity index (χ3n) is 5.37. The van der Waals surface area contributed by atoms with Gasteiger partial charge in [-0.1, -0.05) is 42.5 Å². The van der Waals surface area contributed by atoms with Gasteiger partial charge in [0, 0.05) is 30.9 Å². The van der Waals surface area contributed by atoms with E-state index in [0.29, 0.717) is 16.8 Å². The molecule has 1 amide bonds. The van der Waals surface area contributed by atoms with E-state index in [-0.39, 0.29) is 5.91 Å². The molecule has 1 N–H and O–H groups in total. The summed E-state index contributed by atoms with van der Waals surface area (Å²) in [7, 11) is 1.33. The van der Waals surface area contributed by atoms with Crippen molar-refractivity contribution in [3.8, 4) is 0 Å². The molecule has 0 aliphatic carbocycles. The average Bonchev–Trinajstić information content (AvgIpc) is 2.79. The number of anilines is 1. The Bertz CT molecular complexity index is 1060. The molecule has 0 radical (unpaired) electrons. The van der Waals surface area contributed by atoms with Crippen LogP contribution in [-0.2, 0) is 24.2 Å². The number of amides is 1. The van der Waals surface area contributed by atoms with E-state index in [9.17, 15) is 9.59 Å². The van der Waals surface area contributed by atoms with E-state index in [2.05, 4.69) is 34.5 Å². The van der Waals surface area contributed by atoms with Gasteiger partial charge in [-0.15, -0.1) is 0 Å². The third kappa shape index (κ3) is 4.58. The normalized spacial score (nSPS) is 13.4. The second-order valence-electron chi connectivity index (χ2n) is 7.45. The van der Waals surface area contributed by atoms with E-state index >= 15 is 0 Å². The number of carbonyl (C=O) groups is 2. The number of esters is 1. The SMILES string of the molecule is COC(=O)c1cccc(NC(=O)c2ccc(CN3CCc4ccccc4C3)cc2)c1. The van der Waals surface area contributed by atoms with Crippen LogP contribution in [0.15, 0.2) is 72.8 Å². The number of carbonyl (C=O) groups excluding carboxylic acids is 2. The molecule has 5 heteroatoms. The van der Waals surface area contributed by atoms with Gasteiger partial charge in [-0.3, -0.25) is 9.69 Å². The van der Waals surface area contributed by atoms with Gasteiger partial charge in [0.25, 0.3) is 5.91 Å². The Hall–Kier alpha value is -3.44. The van der Waals surface area contributed by atoms with Gasteiger partial charge < -0.3 is 10.1 Å². The number of rotatable bonds is 5. The van der Waals surface area contributed by atoms with Gasteiger partial charge in [0.2, 0.25) is 0 Å². The molecular weight excluding hydrogens is 376 g/mol. The number of nitrogens with zero attached hydrogens (tertiary/aromatic N) is 1. The fourth-order valence-electron chi connectivity index (χ4n) is 3.75. The maximum absolute atomic E-state index is 12.6. The van der Waals surface area contributed by atoms with Gasteiger partial charge in [-0.25, -0.2) is 4.79 Å². The number of hydrogen-bond acceptors (Lipinski definition) is 4. The van der Waals surface area contributed by atoms with Crippen molar-refractivity contribution in [2.24, 2.45) is 0 Å². The maximum atomic E-state index is 12.6. The first-order chi connectivity index (χ1) is 14.6. The van der Waals surface area contributed by atoms with Crippen molar-refractivity contribution in [3.63, 3.8) is 0 Å². The minimum atomic E-state index is -0.434. The number of methoxy groups -OCH3 is 1. The molecule has 0 saturated carbocycles. The molecule has 30 heavy (non-hydrogen) atoms. The monoisotopic (exact) mass is 400 g/mol. The molecule has 0 aromatic heterocycles. The van der Waals surface area contributed by atoms with E-state index in [1.165, 1.54) is 23.8 Å². The molecule has 3 aromatic carbocycles. The first-order valence-corrected chi connectivity index (χ1v) is 10.0. The van der Waals surface area contributed by atoms with Crippen LogP contribution in [0.2, 0.25) is 0 Å². The van der Waals surface area contributed by atoms with E-state index in [1.807, 2.05) is 24.3 Å². The summed E-state index contributed by atoms with van der Waals surface area (Å²) in [6.07, 6.45) is 1.07. The summed E-state index contributed by atoms with van der Waals surface area (Å²) in [5.41, 5.74) is 5.54. The molecule has 0 bridgehead atoms. The molecule has 1 aliphatic heterocycles. The van der Waals surface area contributed by atoms with Gasteiger partial charge in [-0.2, -0.15) is 0 Å². The van der Waals surface area contributed by atoms with Crippen molar-refractivity contribution in [3.05, 3.63) is 101 Å². The number of ether oxygens (including phenoxy) is 1. The average molecular weight is 400 g/mol. The van der Waals surface area contributed by atoms with Crippen LogP contribution in [0, 0.1) is 0 Å². The second-order valence-corrected chi connectivity index (χ2v) is 7.45. The molecule has 0 fully saturated rings. The van der Waals surface area contributed by atoms with Crippen LogP contribution >= 0.6 is 0 Å². The minimum Gasteiger partial charge on any atom is -0.465 e. The number of hydrogen-bond donors (Lipinski definition) is 1. The summed E-state index contributed by atoms with van der Waals surface area (Å²) in [6.45, 7) is 2.85. The Kier molecular flexibility index (Phi) is 5.91. The molecular formula is C25H24N2O3. The number of benzene rings is 3. The van der Waals surface area contributed by atoms with Gasteiger partial charge in [0.1, 0.15) is 0 Å². The van der Waals surface area contributed by atoms with Crippen molar-refractivity contribution >= 4 is 17.6 Å². The van der Waals surface area contributed by atoms with Gasteiger partial charge in [0.15, 0.2) is 0 Å². The standard InChI is InChI=1S/C25H24N2O3/c1-30-25(29)21-7-4-8-23(15-21)26-24(28)20-11-9-18(10-12-20)16-27-14-13-19-5-2-3-6-22(19)17-27/h2-12,15H,13-14,16-17H2,1H3,(H,26,28). The topological polar surface area (TPSA) is 58.6 Å². The van der Waals surface area contributed by atoms with Crippen LogP contribution in [0.1, 0.15) is 37.4 Å². The Morgan fingerprint density at radius 3 is 2.47 bits per heavy atom. The summed E-state index contributed by atoms with van der Waals surface area (Å²) < 4.78 is 4.72. The molecule has 5 nitrogen and oxygen atoms in total. The lowest BCUT2D eigenvalue weighted by Gasteiger charge is -2.28. The van der Waals surface area contributed by atoms with Crippen molar-refractivity contribution < 1.29 is 14.3 Å². The summed E-state index contributed by atoms with van der Waals surface area (Å²) in [4.78, 5) is 26.6. The molecule has 1 aliphatic rings. The fraction of sp³-hybridized carbons (Fsp3) is 0.200. The lowest BCUT2D eigenvalue weighted by atomic mass is 9.99. The molecule has 1 heterocycles. The summed E-state index contributed by atoms with van der Waals surface area (Å²) in [5.74, 6) is -0.647. The molecule has 3 aromatic rings. The molecule has 152 valence electrons. The van der Waals surface area contributed by atoms with E-state index in [4.69, 9.17) is 4.74 Å². The summed E-state index contributed by atoms with van der Waals surface area (Å²) >= 11 is 0. The smallest absolute Gasteiger partial charge is 0.337 e. The number of nitrogens with one attached hydrogen (secondary N) is 1. The Balaban J connectivity index is 1.38. The van der Waals surface area contributed by atoms with Gasteiger partial charge in [0.05, 0.1) is 12.7 Å². The summed E-state index contributed by atoms with van der Waals surface area (Å²) in [6, 6.07) is 23.0. The van der Waals surface area contributed by atoms with Gasteiger partial charge in [-0.05, 0) is 53.4 Å². The van der Waals surface area contributed by atoms with Crippen molar-refractivity contribution in [2.75, 3.05) is 19.0 Å². The van der Waals surface area contributed by atoms with Crippen LogP contribution in [0.5, 0.6) is 0 Å². The molecule has 4 rings (SSSR count). The summed E-state index contributed by atoms with van der Waals surface area (Å²) in [5, 5.41) is 2.83. The zero-order chi connectivity index (χ0) is 20.9. The first kappa shape index (κ1) is 19.9. The predicted octanol–water partition coefficient (Wildman–Crippen LogP) is 4.28. The molecule has 0 spiro atoms. The third-order valence-corrected chi connectivity index (χ3v) is 5.37. The highest BCUT2D eigenvalue weighted by molar-refractivity contribution is 6.04. The van der Waals surface area contributed by atoms with E-state index in [1.54, 1.807) is 24.3 Å². The molecule has 0 atom stereocenters. The maximum Gasteiger partial charge on any atom is 0.337 e. The van der Waals surface area contributed by atoms with E-state index < -0.39 is 5.97 Å². The lowest BCUT2D eigenvalue weighted by Crippen LogP contribution is -2.29. The highest BCUT2D eigenvalue weighted by Crippen LogP contribution is 2.20. The first-order valence-electron chi connectivity index (χ1n) is 10.0. The van der Waals surface area contributed by atoms with Crippen molar-refractivity contribution in [1.82, 2.24) is 4.90 Å². The van der Waals surface area contributed by atoms with Crippen LogP contribution < -0.4 is 5.32 Å². The Morgan fingerprint density at radius 2 is 1.70 bits per heavy atom. The van der Waals surface area contributed by atoms with Crippen LogP contribution in [-0.4, -0.2) is 30.4 Å². The Labute approximate surface area is 176 Å². The van der Waals surface area contributed by atoms with Gasteiger partial charge >= 0.3 is 5.97 Å². The van der Waals surface area contributed by atoms with Crippen molar-refractivity contribution in [2.45, 2.75) is 19.5 Å². The zero-order valence-electron chi connectivity index (χ0n) is 16.9. The number of fused-ring (bicyclic) bond motifs is 1. The van der Waals surface area contributed by atoms with E-state index in [0.717, 1.165) is 26.1 Å². The van der Waals surface area contributed by atoms with Crippen LogP contribution in [0.25, 0.3) is 0 Å². The van der Waals surface area contributed by atoms with Crippen LogP contribution in [0.3, 0.4) is 0 Å². The predicted molar refractivity (Wildman–Crippen MR) is 116 cm³/mol. The quantitative estimate of drug-likeness (QED) is 0.650. The highest BCUT2D eigenvalue weighted by Gasteiger charge is 2.16. The minimum absolute atomic E-state index is 0.213. The Morgan fingerprint density at radius 1 is 0.933 bits per heavy atom. The largest absolute Gasteiger partial charge is 0.465 e. The second kappa shape index (κ2) is 8.93. The fourth-order valence-corrected chi connectivity index (χ4v) is 3.75. The lowest BCUT2D eigenvalue weighted by molar-refractivity contribution is 0.0600. The van der Waals surface area contributed by atoms with Crippen LogP contribution in [0.4, 0.5) is 5.69 Å². The molecule has 0 saturated heterocycles.